The third-order valence-electron chi connectivity index (χ3n) is 4.40. The van der Waals surface area contributed by atoms with Gasteiger partial charge in [0.25, 0.3) is 0 Å². The SMILES string of the molecule is CC1CCN(CC2CCCCCC2)CCS1=O. The van der Waals surface area contributed by atoms with Gasteiger partial charge in [0.2, 0.25) is 0 Å². The Morgan fingerprint density at radius 1 is 1.06 bits per heavy atom. The van der Waals surface area contributed by atoms with Crippen LogP contribution < -0.4 is 0 Å². The molecule has 1 saturated heterocycles. The molecule has 0 amide bonds. The predicted octanol–water partition coefficient (Wildman–Crippen LogP) is 2.80. The minimum atomic E-state index is -0.575. The van der Waals surface area contributed by atoms with Crippen LogP contribution in [0.5, 0.6) is 0 Å². The summed E-state index contributed by atoms with van der Waals surface area (Å²) in [5.74, 6) is 1.81. The molecule has 2 fully saturated rings. The first-order valence-electron chi connectivity index (χ1n) is 7.35. The highest BCUT2D eigenvalue weighted by Gasteiger charge is 2.22. The molecule has 0 bridgehead atoms. The molecule has 2 unspecified atom stereocenters. The average molecular weight is 257 g/mol. The summed E-state index contributed by atoms with van der Waals surface area (Å²) in [4.78, 5) is 2.58. The van der Waals surface area contributed by atoms with Crippen molar-refractivity contribution in [2.24, 2.45) is 5.92 Å². The molecular weight excluding hydrogens is 230 g/mol. The molecule has 3 heteroatoms. The van der Waals surface area contributed by atoms with E-state index < -0.39 is 10.8 Å². The highest BCUT2D eigenvalue weighted by atomic mass is 32.2. The molecule has 0 aromatic heterocycles. The van der Waals surface area contributed by atoms with Gasteiger partial charge < -0.3 is 4.90 Å². The topological polar surface area (TPSA) is 20.3 Å². The first-order valence-corrected chi connectivity index (χ1v) is 8.73. The summed E-state index contributed by atoms with van der Waals surface area (Å²) in [6.45, 7) is 5.64. The maximum atomic E-state index is 11.8. The molecule has 1 aliphatic carbocycles. The van der Waals surface area contributed by atoms with Gasteiger partial charge in [-0.25, -0.2) is 0 Å². The van der Waals surface area contributed by atoms with Crippen LogP contribution in [-0.2, 0) is 10.8 Å². The number of hydrogen-bond acceptors (Lipinski definition) is 2. The summed E-state index contributed by atoms with van der Waals surface area (Å²) in [6.07, 6.45) is 9.72. The standard InChI is InChI=1S/C14H27NOS/c1-13-8-9-15(10-11-17(13)16)12-14-6-4-2-3-5-7-14/h13-14H,2-12H2,1H3. The van der Waals surface area contributed by atoms with Crippen LogP contribution in [-0.4, -0.2) is 39.7 Å². The van der Waals surface area contributed by atoms with E-state index in [2.05, 4.69) is 11.8 Å². The van der Waals surface area contributed by atoms with Gasteiger partial charge in [0, 0.05) is 34.9 Å². The lowest BCUT2D eigenvalue weighted by atomic mass is 9.99. The van der Waals surface area contributed by atoms with Gasteiger partial charge in [-0.1, -0.05) is 32.6 Å². The first kappa shape index (κ1) is 13.5. The van der Waals surface area contributed by atoms with Gasteiger partial charge in [-0.05, 0) is 31.7 Å². The van der Waals surface area contributed by atoms with Crippen LogP contribution in [0.1, 0.15) is 51.9 Å². The van der Waals surface area contributed by atoms with Crippen molar-refractivity contribution in [3.05, 3.63) is 0 Å². The van der Waals surface area contributed by atoms with E-state index in [4.69, 9.17) is 0 Å². The van der Waals surface area contributed by atoms with Crippen molar-refractivity contribution < 1.29 is 4.21 Å². The van der Waals surface area contributed by atoms with Gasteiger partial charge in [0.1, 0.15) is 0 Å². The largest absolute Gasteiger partial charge is 0.302 e. The Hall–Kier alpha value is 0.110. The second-order valence-corrected chi connectivity index (χ2v) is 7.82. The van der Waals surface area contributed by atoms with E-state index in [0.29, 0.717) is 5.25 Å². The summed E-state index contributed by atoms with van der Waals surface area (Å²) in [5.41, 5.74) is 0. The minimum absolute atomic E-state index is 0.411. The third kappa shape index (κ3) is 4.36. The number of hydrogen-bond donors (Lipinski definition) is 0. The second kappa shape index (κ2) is 6.89. The minimum Gasteiger partial charge on any atom is -0.302 e. The molecule has 2 nitrogen and oxygen atoms in total. The molecule has 2 atom stereocenters. The molecule has 100 valence electrons. The molecule has 0 aromatic carbocycles. The molecule has 0 spiro atoms. The molecule has 2 aliphatic rings. The first-order chi connectivity index (χ1) is 8.25. The van der Waals surface area contributed by atoms with Crippen molar-refractivity contribution in [2.75, 3.05) is 25.4 Å². The van der Waals surface area contributed by atoms with E-state index in [-0.39, 0.29) is 0 Å². The van der Waals surface area contributed by atoms with Crippen LogP contribution in [0.15, 0.2) is 0 Å². The van der Waals surface area contributed by atoms with E-state index in [0.717, 1.165) is 24.6 Å². The van der Waals surface area contributed by atoms with Crippen molar-refractivity contribution in [3.8, 4) is 0 Å². The number of nitrogens with zero attached hydrogens (tertiary/aromatic N) is 1. The summed E-state index contributed by atoms with van der Waals surface area (Å²) in [5, 5.41) is 0.411. The summed E-state index contributed by atoms with van der Waals surface area (Å²) >= 11 is 0. The van der Waals surface area contributed by atoms with Crippen molar-refractivity contribution >= 4 is 10.8 Å². The Labute approximate surface area is 109 Å². The van der Waals surface area contributed by atoms with Crippen LogP contribution in [0.2, 0.25) is 0 Å². The second-order valence-electron chi connectivity index (χ2n) is 5.84. The zero-order chi connectivity index (χ0) is 12.1. The van der Waals surface area contributed by atoms with Gasteiger partial charge in [0.15, 0.2) is 0 Å². The van der Waals surface area contributed by atoms with Crippen molar-refractivity contribution in [3.63, 3.8) is 0 Å². The van der Waals surface area contributed by atoms with Crippen LogP contribution in [0.25, 0.3) is 0 Å². The van der Waals surface area contributed by atoms with E-state index in [9.17, 15) is 4.21 Å². The molecule has 2 rings (SSSR count). The maximum absolute atomic E-state index is 11.8. The fourth-order valence-corrected chi connectivity index (χ4v) is 4.33. The zero-order valence-corrected chi connectivity index (χ0v) is 12.0. The van der Waals surface area contributed by atoms with Crippen molar-refractivity contribution in [1.82, 2.24) is 4.90 Å². The lowest BCUT2D eigenvalue weighted by Gasteiger charge is -2.25. The molecule has 0 N–H and O–H groups in total. The van der Waals surface area contributed by atoms with E-state index in [1.165, 1.54) is 51.6 Å². The van der Waals surface area contributed by atoms with Crippen LogP contribution >= 0.6 is 0 Å². The Morgan fingerprint density at radius 3 is 2.47 bits per heavy atom. The molecule has 1 aliphatic heterocycles. The fraction of sp³-hybridized carbons (Fsp3) is 1.00. The van der Waals surface area contributed by atoms with Gasteiger partial charge in [-0.3, -0.25) is 4.21 Å². The normalized spacial score (nSPS) is 34.2. The van der Waals surface area contributed by atoms with Crippen LogP contribution in [0, 0.1) is 5.92 Å². The Kier molecular flexibility index (Phi) is 5.49. The van der Waals surface area contributed by atoms with Gasteiger partial charge in [-0.15, -0.1) is 0 Å². The molecular formula is C14H27NOS. The molecule has 1 saturated carbocycles. The monoisotopic (exact) mass is 257 g/mol. The molecule has 17 heavy (non-hydrogen) atoms. The summed E-state index contributed by atoms with van der Waals surface area (Å²) < 4.78 is 11.8. The number of rotatable bonds is 2. The van der Waals surface area contributed by atoms with E-state index >= 15 is 0 Å². The highest BCUT2D eigenvalue weighted by Crippen LogP contribution is 2.24. The molecule has 0 aromatic rings. The van der Waals surface area contributed by atoms with Gasteiger partial charge in [0.05, 0.1) is 0 Å². The van der Waals surface area contributed by atoms with Crippen LogP contribution in [0.3, 0.4) is 0 Å². The quantitative estimate of drug-likeness (QED) is 0.709. The maximum Gasteiger partial charge on any atom is 0.0365 e. The van der Waals surface area contributed by atoms with E-state index in [1.54, 1.807) is 0 Å². The van der Waals surface area contributed by atoms with Gasteiger partial charge in [-0.2, -0.15) is 0 Å². The average Bonchev–Trinajstić information content (AvgIpc) is 2.66. The predicted molar refractivity (Wildman–Crippen MR) is 74.7 cm³/mol. The Balaban J connectivity index is 1.79. The third-order valence-corrected chi connectivity index (χ3v) is 6.12. The van der Waals surface area contributed by atoms with E-state index in [1.807, 2.05) is 0 Å². The smallest absolute Gasteiger partial charge is 0.0365 e. The molecule has 0 radical (unpaired) electrons. The zero-order valence-electron chi connectivity index (χ0n) is 11.2. The Morgan fingerprint density at radius 2 is 1.76 bits per heavy atom. The highest BCUT2D eigenvalue weighted by molar-refractivity contribution is 7.85. The summed E-state index contributed by atoms with van der Waals surface area (Å²) in [6, 6.07) is 0. The van der Waals surface area contributed by atoms with Crippen LogP contribution in [0.4, 0.5) is 0 Å². The van der Waals surface area contributed by atoms with Crippen molar-refractivity contribution in [1.29, 1.82) is 0 Å². The van der Waals surface area contributed by atoms with Gasteiger partial charge >= 0.3 is 0 Å². The van der Waals surface area contributed by atoms with Crippen molar-refractivity contribution in [2.45, 2.75) is 57.1 Å². The Bertz CT molecular complexity index is 249. The fourth-order valence-electron chi connectivity index (χ4n) is 3.12. The lowest BCUT2D eigenvalue weighted by molar-refractivity contribution is 0.231. The molecule has 1 heterocycles. The lowest BCUT2D eigenvalue weighted by Crippen LogP contribution is -2.31. The summed E-state index contributed by atoms with van der Waals surface area (Å²) in [7, 11) is -0.575.